The number of rotatable bonds is 3. The lowest BCUT2D eigenvalue weighted by Crippen LogP contribution is -2.03. The summed E-state index contributed by atoms with van der Waals surface area (Å²) in [6.07, 6.45) is 1.54. The van der Waals surface area contributed by atoms with E-state index in [1.54, 1.807) is 30.5 Å². The van der Waals surface area contributed by atoms with Crippen molar-refractivity contribution < 1.29 is 4.39 Å². The summed E-state index contributed by atoms with van der Waals surface area (Å²) in [4.78, 5) is 7.69. The van der Waals surface area contributed by atoms with Crippen molar-refractivity contribution in [3.05, 3.63) is 53.2 Å². The second-order valence-electron chi connectivity index (χ2n) is 3.16. The predicted octanol–water partition coefficient (Wildman–Crippen LogP) is 2.88. The van der Waals surface area contributed by atoms with Gasteiger partial charge in [0.2, 0.25) is 5.28 Å². The second kappa shape index (κ2) is 4.90. The molecule has 5 heteroatoms. The number of nitrogens with zero attached hydrogens (tertiary/aromatic N) is 2. The Morgan fingerprint density at radius 3 is 2.81 bits per heavy atom. The Hall–Kier alpha value is -1.68. The van der Waals surface area contributed by atoms with Crippen LogP contribution in [0.3, 0.4) is 0 Å². The van der Waals surface area contributed by atoms with E-state index in [0.717, 1.165) is 0 Å². The van der Waals surface area contributed by atoms with Crippen LogP contribution in [-0.2, 0) is 6.54 Å². The minimum Gasteiger partial charge on any atom is -0.366 e. The fourth-order valence-corrected chi connectivity index (χ4v) is 1.41. The summed E-state index contributed by atoms with van der Waals surface area (Å²) >= 11 is 5.62. The van der Waals surface area contributed by atoms with E-state index < -0.39 is 0 Å². The average Bonchev–Trinajstić information content (AvgIpc) is 2.28. The first-order valence-corrected chi connectivity index (χ1v) is 5.09. The summed E-state index contributed by atoms with van der Waals surface area (Å²) in [6.45, 7) is 0.361. The Balaban J connectivity index is 2.05. The van der Waals surface area contributed by atoms with E-state index in [-0.39, 0.29) is 11.1 Å². The zero-order valence-electron chi connectivity index (χ0n) is 8.32. The van der Waals surface area contributed by atoms with Crippen LogP contribution >= 0.6 is 11.6 Å². The van der Waals surface area contributed by atoms with Crippen molar-refractivity contribution in [1.29, 1.82) is 0 Å². The van der Waals surface area contributed by atoms with Crippen molar-refractivity contribution in [3.8, 4) is 0 Å². The fourth-order valence-electron chi connectivity index (χ4n) is 1.26. The van der Waals surface area contributed by atoms with Crippen molar-refractivity contribution in [2.24, 2.45) is 0 Å². The summed E-state index contributed by atoms with van der Waals surface area (Å²) < 4.78 is 13.3. The van der Waals surface area contributed by atoms with Crippen LogP contribution < -0.4 is 5.32 Å². The van der Waals surface area contributed by atoms with Gasteiger partial charge in [-0.3, -0.25) is 0 Å². The van der Waals surface area contributed by atoms with Gasteiger partial charge in [-0.15, -0.1) is 0 Å². The zero-order chi connectivity index (χ0) is 11.4. The van der Waals surface area contributed by atoms with E-state index in [1.807, 2.05) is 0 Å². The van der Waals surface area contributed by atoms with Crippen LogP contribution in [0, 0.1) is 5.82 Å². The molecule has 16 heavy (non-hydrogen) atoms. The van der Waals surface area contributed by atoms with E-state index in [2.05, 4.69) is 15.3 Å². The average molecular weight is 238 g/mol. The molecule has 1 N–H and O–H groups in total. The van der Waals surface area contributed by atoms with Crippen LogP contribution in [0.1, 0.15) is 5.56 Å². The third-order valence-electron chi connectivity index (χ3n) is 2.04. The van der Waals surface area contributed by atoms with Gasteiger partial charge in [0.15, 0.2) is 0 Å². The van der Waals surface area contributed by atoms with Gasteiger partial charge in [-0.1, -0.05) is 18.2 Å². The largest absolute Gasteiger partial charge is 0.366 e. The number of hydrogen-bond donors (Lipinski definition) is 1. The van der Waals surface area contributed by atoms with Gasteiger partial charge in [-0.25, -0.2) is 14.4 Å². The number of anilines is 1. The van der Waals surface area contributed by atoms with Crippen LogP contribution in [0.2, 0.25) is 5.28 Å². The molecular formula is C11H9ClFN3. The first-order chi connectivity index (χ1) is 7.75. The molecule has 0 fully saturated rings. The highest BCUT2D eigenvalue weighted by atomic mass is 35.5. The maximum atomic E-state index is 13.3. The molecule has 0 saturated heterocycles. The molecule has 0 atom stereocenters. The lowest BCUT2D eigenvalue weighted by Gasteiger charge is -2.06. The van der Waals surface area contributed by atoms with E-state index in [9.17, 15) is 4.39 Å². The van der Waals surface area contributed by atoms with Crippen molar-refractivity contribution >= 4 is 17.4 Å². The maximum Gasteiger partial charge on any atom is 0.224 e. The number of benzene rings is 1. The predicted molar refractivity (Wildman–Crippen MR) is 60.8 cm³/mol. The molecule has 3 nitrogen and oxygen atoms in total. The van der Waals surface area contributed by atoms with Gasteiger partial charge >= 0.3 is 0 Å². The Kier molecular flexibility index (Phi) is 3.31. The number of aromatic nitrogens is 2. The van der Waals surface area contributed by atoms with Gasteiger partial charge in [-0.2, -0.15) is 0 Å². The zero-order valence-corrected chi connectivity index (χ0v) is 9.08. The molecular weight excluding hydrogens is 229 g/mol. The summed E-state index contributed by atoms with van der Waals surface area (Å²) in [5.41, 5.74) is 0.581. The van der Waals surface area contributed by atoms with Gasteiger partial charge in [0, 0.05) is 18.3 Å². The van der Waals surface area contributed by atoms with Crippen molar-refractivity contribution in [2.45, 2.75) is 6.54 Å². The van der Waals surface area contributed by atoms with E-state index in [1.165, 1.54) is 6.07 Å². The molecule has 82 valence electrons. The molecule has 0 saturated carbocycles. The molecule has 0 spiro atoms. The Labute approximate surface area is 97.3 Å². The van der Waals surface area contributed by atoms with Crippen molar-refractivity contribution in [1.82, 2.24) is 9.97 Å². The fraction of sp³-hybridized carbons (Fsp3) is 0.0909. The maximum absolute atomic E-state index is 13.3. The molecule has 0 aliphatic heterocycles. The van der Waals surface area contributed by atoms with Crippen molar-refractivity contribution in [2.75, 3.05) is 5.32 Å². The molecule has 0 aliphatic rings. The smallest absolute Gasteiger partial charge is 0.224 e. The minimum atomic E-state index is -0.241. The van der Waals surface area contributed by atoms with Gasteiger partial charge in [-0.05, 0) is 23.7 Å². The van der Waals surface area contributed by atoms with Crippen LogP contribution in [-0.4, -0.2) is 9.97 Å². The van der Waals surface area contributed by atoms with Gasteiger partial charge in [0.25, 0.3) is 0 Å². The molecule has 1 aromatic heterocycles. The number of nitrogens with one attached hydrogen (secondary N) is 1. The highest BCUT2D eigenvalue weighted by Gasteiger charge is 2.01. The van der Waals surface area contributed by atoms with E-state index >= 15 is 0 Å². The van der Waals surface area contributed by atoms with Crippen LogP contribution in [0.25, 0.3) is 0 Å². The van der Waals surface area contributed by atoms with E-state index in [4.69, 9.17) is 11.6 Å². The topological polar surface area (TPSA) is 37.8 Å². The highest BCUT2D eigenvalue weighted by molar-refractivity contribution is 6.28. The lowest BCUT2D eigenvalue weighted by molar-refractivity contribution is 0.613. The Morgan fingerprint density at radius 2 is 2.06 bits per heavy atom. The monoisotopic (exact) mass is 237 g/mol. The lowest BCUT2D eigenvalue weighted by atomic mass is 10.2. The van der Waals surface area contributed by atoms with Crippen molar-refractivity contribution in [3.63, 3.8) is 0 Å². The highest BCUT2D eigenvalue weighted by Crippen LogP contribution is 2.10. The minimum absolute atomic E-state index is 0.165. The number of halogens is 2. The van der Waals surface area contributed by atoms with E-state index in [0.29, 0.717) is 17.9 Å². The molecule has 0 unspecified atom stereocenters. The summed E-state index contributed by atoms with van der Waals surface area (Å²) in [5.74, 6) is 0.332. The SMILES string of the molecule is Fc1ccccc1CNc1ccnc(Cl)n1. The summed E-state index contributed by atoms with van der Waals surface area (Å²) in [6, 6.07) is 8.25. The Bertz CT molecular complexity index is 490. The molecule has 2 rings (SSSR count). The molecule has 0 aliphatic carbocycles. The van der Waals surface area contributed by atoms with Gasteiger partial charge in [0.1, 0.15) is 11.6 Å². The second-order valence-corrected chi connectivity index (χ2v) is 3.49. The molecule has 0 amide bonds. The summed E-state index contributed by atoms with van der Waals surface area (Å²) in [7, 11) is 0. The van der Waals surface area contributed by atoms with Gasteiger partial charge < -0.3 is 5.32 Å². The third kappa shape index (κ3) is 2.67. The first kappa shape index (κ1) is 10.8. The molecule has 1 aromatic carbocycles. The first-order valence-electron chi connectivity index (χ1n) is 4.71. The molecule has 1 heterocycles. The molecule has 2 aromatic rings. The molecule has 0 bridgehead atoms. The van der Waals surface area contributed by atoms with Crippen LogP contribution in [0.4, 0.5) is 10.2 Å². The third-order valence-corrected chi connectivity index (χ3v) is 2.23. The number of hydrogen-bond acceptors (Lipinski definition) is 3. The van der Waals surface area contributed by atoms with Crippen LogP contribution in [0.5, 0.6) is 0 Å². The van der Waals surface area contributed by atoms with Crippen LogP contribution in [0.15, 0.2) is 36.5 Å². The standard InChI is InChI=1S/C11H9ClFN3/c12-11-14-6-5-10(16-11)15-7-8-3-1-2-4-9(8)13/h1-6H,7H2,(H,14,15,16). The Morgan fingerprint density at radius 1 is 1.25 bits per heavy atom. The normalized spacial score (nSPS) is 10.1. The van der Waals surface area contributed by atoms with Gasteiger partial charge in [0.05, 0.1) is 0 Å². The summed E-state index contributed by atoms with van der Waals surface area (Å²) in [5, 5.41) is 3.13. The molecule has 0 radical (unpaired) electrons. The quantitative estimate of drug-likeness (QED) is 0.835.